The number of amides is 2. The number of carbonyl (C=O) groups excluding carboxylic acids is 1. The second-order valence-electron chi connectivity index (χ2n) is 7.32. The van der Waals surface area contributed by atoms with Gasteiger partial charge in [0.25, 0.3) is 5.56 Å². The highest BCUT2D eigenvalue weighted by molar-refractivity contribution is 5.89. The van der Waals surface area contributed by atoms with E-state index in [1.165, 1.54) is 30.1 Å². The first-order valence-electron chi connectivity index (χ1n) is 9.86. The van der Waals surface area contributed by atoms with E-state index >= 15 is 0 Å². The van der Waals surface area contributed by atoms with Crippen LogP contribution in [0, 0.1) is 5.82 Å². The zero-order chi connectivity index (χ0) is 20.4. The molecular weight excluding hydrogens is 371 g/mol. The molecule has 2 heterocycles. The highest BCUT2D eigenvalue weighted by Gasteiger charge is 2.25. The van der Waals surface area contributed by atoms with Gasteiger partial charge in [0, 0.05) is 30.9 Å². The largest absolute Gasteiger partial charge is 0.324 e. The van der Waals surface area contributed by atoms with Crippen molar-refractivity contribution in [1.82, 2.24) is 14.5 Å². The van der Waals surface area contributed by atoms with Gasteiger partial charge in [-0.3, -0.25) is 9.36 Å². The number of hydrogen-bond donors (Lipinski definition) is 1. The summed E-state index contributed by atoms with van der Waals surface area (Å²) in [4.78, 5) is 31.3. The third-order valence-electron chi connectivity index (χ3n) is 5.50. The summed E-state index contributed by atoms with van der Waals surface area (Å²) < 4.78 is 15.0. The van der Waals surface area contributed by atoms with Gasteiger partial charge in [-0.2, -0.15) is 0 Å². The molecular formula is C22H23FN4O2. The van der Waals surface area contributed by atoms with Crippen LogP contribution in [0.2, 0.25) is 0 Å². The number of aromatic nitrogens is 2. The Bertz CT molecular complexity index is 1090. The maximum atomic E-state index is 13.3. The van der Waals surface area contributed by atoms with Crippen molar-refractivity contribution in [2.75, 3.05) is 18.4 Å². The number of anilines is 1. The van der Waals surface area contributed by atoms with Crippen molar-refractivity contribution in [2.24, 2.45) is 0 Å². The lowest BCUT2D eigenvalue weighted by atomic mass is 10.0. The Balaban J connectivity index is 1.42. The number of rotatable bonds is 3. The van der Waals surface area contributed by atoms with Crippen LogP contribution < -0.4 is 10.9 Å². The van der Waals surface area contributed by atoms with Gasteiger partial charge in [-0.15, -0.1) is 0 Å². The van der Waals surface area contributed by atoms with Crippen LogP contribution in [0.4, 0.5) is 14.9 Å². The van der Waals surface area contributed by atoms with Gasteiger partial charge < -0.3 is 10.2 Å². The number of likely N-dealkylation sites (tertiary alicyclic amines) is 1. The Morgan fingerprint density at radius 2 is 1.90 bits per heavy atom. The second-order valence-corrected chi connectivity index (χ2v) is 7.32. The van der Waals surface area contributed by atoms with Gasteiger partial charge in [0.2, 0.25) is 0 Å². The van der Waals surface area contributed by atoms with Gasteiger partial charge in [0.1, 0.15) is 5.82 Å². The van der Waals surface area contributed by atoms with Crippen LogP contribution in [0.15, 0.2) is 53.6 Å². The Labute approximate surface area is 168 Å². The first-order chi connectivity index (χ1) is 14.0. The summed E-state index contributed by atoms with van der Waals surface area (Å²) in [5.41, 5.74) is 2.18. The Morgan fingerprint density at radius 3 is 2.59 bits per heavy atom. The van der Waals surface area contributed by atoms with Crippen LogP contribution in [0.3, 0.4) is 0 Å². The lowest BCUT2D eigenvalue weighted by Crippen LogP contribution is -2.42. The minimum absolute atomic E-state index is 0.0302. The first kappa shape index (κ1) is 19.1. The molecule has 29 heavy (non-hydrogen) atoms. The van der Waals surface area contributed by atoms with Crippen LogP contribution in [-0.2, 0) is 6.42 Å². The molecule has 0 bridgehead atoms. The lowest BCUT2D eigenvalue weighted by molar-refractivity contribution is 0.182. The number of halogens is 1. The maximum Gasteiger partial charge on any atom is 0.321 e. The molecule has 1 fully saturated rings. The monoisotopic (exact) mass is 394 g/mol. The molecule has 0 unspecified atom stereocenters. The van der Waals surface area contributed by atoms with E-state index in [2.05, 4.69) is 17.2 Å². The fourth-order valence-electron chi connectivity index (χ4n) is 3.74. The van der Waals surface area contributed by atoms with Crippen LogP contribution in [-0.4, -0.2) is 33.6 Å². The van der Waals surface area contributed by atoms with Crippen molar-refractivity contribution in [3.63, 3.8) is 0 Å². The zero-order valence-electron chi connectivity index (χ0n) is 16.3. The summed E-state index contributed by atoms with van der Waals surface area (Å²) in [5.74, 6) is -0.411. The predicted molar refractivity (Wildman–Crippen MR) is 111 cm³/mol. The SMILES string of the molecule is CCc1ccc(NC(=O)N2CCC(n3cnc4cc(F)ccc4c3=O)CC2)cc1. The van der Waals surface area contributed by atoms with Crippen LogP contribution in [0.1, 0.15) is 31.4 Å². The highest BCUT2D eigenvalue weighted by Crippen LogP contribution is 2.22. The molecule has 2 amide bonds. The maximum absolute atomic E-state index is 13.3. The van der Waals surface area contributed by atoms with E-state index < -0.39 is 5.82 Å². The molecule has 6 nitrogen and oxygen atoms in total. The minimum atomic E-state index is -0.411. The molecule has 1 aliphatic rings. The molecule has 1 aliphatic heterocycles. The predicted octanol–water partition coefficient (Wildman–Crippen LogP) is 3.97. The normalized spacial score (nSPS) is 14.9. The third-order valence-corrected chi connectivity index (χ3v) is 5.50. The molecule has 0 radical (unpaired) electrons. The summed E-state index contributed by atoms with van der Waals surface area (Å²) >= 11 is 0. The summed E-state index contributed by atoms with van der Waals surface area (Å²) in [6.07, 6.45) is 3.77. The fourth-order valence-corrected chi connectivity index (χ4v) is 3.74. The molecule has 0 saturated carbocycles. The Hall–Kier alpha value is -3.22. The van der Waals surface area contributed by atoms with E-state index in [-0.39, 0.29) is 17.6 Å². The van der Waals surface area contributed by atoms with E-state index in [0.29, 0.717) is 36.8 Å². The fraction of sp³-hybridized carbons (Fsp3) is 0.318. The standard InChI is InChI=1S/C22H23FN4O2/c1-2-15-3-6-17(7-4-15)25-22(29)26-11-9-18(10-12-26)27-14-24-20-13-16(23)5-8-19(20)21(27)28/h3-8,13-14,18H,2,9-12H2,1H3,(H,25,29). The molecule has 2 aromatic carbocycles. The molecule has 1 aromatic heterocycles. The molecule has 7 heteroatoms. The summed E-state index contributed by atoms with van der Waals surface area (Å²) in [6.45, 7) is 3.20. The lowest BCUT2D eigenvalue weighted by Gasteiger charge is -2.32. The Morgan fingerprint density at radius 1 is 1.17 bits per heavy atom. The molecule has 0 atom stereocenters. The van der Waals surface area contributed by atoms with E-state index in [4.69, 9.17) is 0 Å². The van der Waals surface area contributed by atoms with Crippen LogP contribution in [0.5, 0.6) is 0 Å². The van der Waals surface area contributed by atoms with Crippen molar-refractivity contribution in [3.8, 4) is 0 Å². The average Bonchev–Trinajstić information content (AvgIpc) is 2.74. The molecule has 3 aromatic rings. The number of aryl methyl sites for hydroxylation is 1. The molecule has 1 saturated heterocycles. The number of nitrogens with one attached hydrogen (secondary N) is 1. The van der Waals surface area contributed by atoms with Crippen LogP contribution in [0.25, 0.3) is 10.9 Å². The molecule has 4 rings (SSSR count). The topological polar surface area (TPSA) is 67.2 Å². The molecule has 150 valence electrons. The van der Waals surface area contributed by atoms with Crippen molar-refractivity contribution < 1.29 is 9.18 Å². The van der Waals surface area contributed by atoms with Crippen molar-refractivity contribution in [2.45, 2.75) is 32.2 Å². The number of hydrogen-bond acceptors (Lipinski definition) is 3. The van der Waals surface area contributed by atoms with Crippen molar-refractivity contribution in [1.29, 1.82) is 0 Å². The molecule has 0 aliphatic carbocycles. The molecule has 1 N–H and O–H groups in total. The Kier molecular flexibility index (Phi) is 5.29. The van der Waals surface area contributed by atoms with Gasteiger partial charge >= 0.3 is 6.03 Å². The minimum Gasteiger partial charge on any atom is -0.324 e. The van der Waals surface area contributed by atoms with E-state index in [0.717, 1.165) is 12.1 Å². The third kappa shape index (κ3) is 3.99. The quantitative estimate of drug-likeness (QED) is 0.731. The number of piperidine rings is 1. The van der Waals surface area contributed by atoms with Crippen molar-refractivity contribution in [3.05, 3.63) is 70.5 Å². The van der Waals surface area contributed by atoms with Gasteiger partial charge in [-0.25, -0.2) is 14.2 Å². The van der Waals surface area contributed by atoms with Crippen LogP contribution >= 0.6 is 0 Å². The number of benzene rings is 2. The number of carbonyl (C=O) groups is 1. The highest BCUT2D eigenvalue weighted by atomic mass is 19.1. The van der Waals surface area contributed by atoms with E-state index in [1.807, 2.05) is 24.3 Å². The van der Waals surface area contributed by atoms with E-state index in [1.54, 1.807) is 9.47 Å². The van der Waals surface area contributed by atoms with Crippen molar-refractivity contribution >= 4 is 22.6 Å². The van der Waals surface area contributed by atoms with Gasteiger partial charge in [-0.05, 0) is 49.1 Å². The molecule has 0 spiro atoms. The summed E-state index contributed by atoms with van der Waals surface area (Å²) in [5, 5.41) is 3.34. The second kappa shape index (κ2) is 8.03. The number of nitrogens with zero attached hydrogens (tertiary/aromatic N) is 3. The van der Waals surface area contributed by atoms with Gasteiger partial charge in [0.15, 0.2) is 0 Å². The number of urea groups is 1. The van der Waals surface area contributed by atoms with Gasteiger partial charge in [0.05, 0.1) is 17.2 Å². The summed E-state index contributed by atoms with van der Waals surface area (Å²) in [7, 11) is 0. The zero-order valence-corrected chi connectivity index (χ0v) is 16.3. The first-order valence-corrected chi connectivity index (χ1v) is 9.86. The van der Waals surface area contributed by atoms with Gasteiger partial charge in [-0.1, -0.05) is 19.1 Å². The van der Waals surface area contributed by atoms with E-state index in [9.17, 15) is 14.0 Å². The summed E-state index contributed by atoms with van der Waals surface area (Å²) in [6, 6.07) is 11.7. The number of fused-ring (bicyclic) bond motifs is 1. The average molecular weight is 394 g/mol. The smallest absolute Gasteiger partial charge is 0.321 e.